The normalized spacial score (nSPS) is 18.5. The first-order valence-corrected chi connectivity index (χ1v) is 11.7. The number of likely N-dealkylation sites (tertiary alicyclic amines) is 1. The van der Waals surface area contributed by atoms with Crippen LogP contribution in [0.4, 0.5) is 4.39 Å². The van der Waals surface area contributed by atoms with E-state index in [1.54, 1.807) is 18.3 Å². The van der Waals surface area contributed by atoms with Crippen LogP contribution in [0.25, 0.3) is 11.0 Å². The fourth-order valence-corrected chi connectivity index (χ4v) is 4.58. The molecule has 1 atom stereocenters. The van der Waals surface area contributed by atoms with Gasteiger partial charge < -0.3 is 10.2 Å². The average Bonchev–Trinajstić information content (AvgIpc) is 3.63. The van der Waals surface area contributed by atoms with Gasteiger partial charge in [-0.15, -0.1) is 0 Å². The molecule has 2 fully saturated rings. The van der Waals surface area contributed by atoms with Crippen LogP contribution in [0.15, 0.2) is 42.6 Å². The molecule has 5 rings (SSSR count). The van der Waals surface area contributed by atoms with Crippen LogP contribution in [0.3, 0.4) is 0 Å². The summed E-state index contributed by atoms with van der Waals surface area (Å²) in [5.74, 6) is 0.198. The summed E-state index contributed by atoms with van der Waals surface area (Å²) in [4.78, 5) is 31.3. The van der Waals surface area contributed by atoms with Crippen LogP contribution in [0.5, 0.6) is 0 Å². The molecule has 2 aliphatic rings. The molecule has 8 heteroatoms. The molecule has 172 valence electrons. The maximum atomic E-state index is 13.2. The van der Waals surface area contributed by atoms with Crippen molar-refractivity contribution in [2.75, 3.05) is 19.6 Å². The lowest BCUT2D eigenvalue weighted by molar-refractivity contribution is -0.131. The molecule has 1 aromatic carbocycles. The summed E-state index contributed by atoms with van der Waals surface area (Å²) in [7, 11) is 0. The summed E-state index contributed by atoms with van der Waals surface area (Å²) >= 11 is 0. The topological polar surface area (TPSA) is 80.1 Å². The Hall–Kier alpha value is -3.29. The van der Waals surface area contributed by atoms with Gasteiger partial charge in [0.2, 0.25) is 11.8 Å². The van der Waals surface area contributed by atoms with Crippen LogP contribution in [-0.4, -0.2) is 51.1 Å². The number of halogens is 1. The summed E-state index contributed by atoms with van der Waals surface area (Å²) < 4.78 is 15.0. The average molecular weight is 450 g/mol. The number of carbonyl (C=O) groups is 2. The van der Waals surface area contributed by atoms with Crippen molar-refractivity contribution in [1.82, 2.24) is 25.0 Å². The van der Waals surface area contributed by atoms with Gasteiger partial charge in [0.1, 0.15) is 5.82 Å². The van der Waals surface area contributed by atoms with E-state index < -0.39 is 0 Å². The molecule has 2 amide bonds. The number of amides is 2. The first-order valence-electron chi connectivity index (χ1n) is 11.7. The van der Waals surface area contributed by atoms with E-state index in [1.165, 1.54) is 12.1 Å². The van der Waals surface area contributed by atoms with Crippen LogP contribution in [0.2, 0.25) is 0 Å². The molecule has 1 aliphatic heterocycles. The molecule has 33 heavy (non-hydrogen) atoms. The number of pyridine rings is 1. The SMILES string of the molecule is O=C(NCCn1nc([C@@H]2CCCN(C(=O)Cc3ccc(F)cc3)C2)c2cccnc21)C1CC1. The number of rotatable bonds is 7. The second kappa shape index (κ2) is 9.29. The predicted molar refractivity (Wildman–Crippen MR) is 122 cm³/mol. The summed E-state index contributed by atoms with van der Waals surface area (Å²) in [6.45, 7) is 2.42. The predicted octanol–water partition coefficient (Wildman–Crippen LogP) is 3.05. The second-order valence-corrected chi connectivity index (χ2v) is 9.03. The third-order valence-corrected chi connectivity index (χ3v) is 6.54. The minimum absolute atomic E-state index is 0.0518. The van der Waals surface area contributed by atoms with Crippen LogP contribution >= 0.6 is 0 Å². The highest BCUT2D eigenvalue weighted by Gasteiger charge is 2.30. The highest BCUT2D eigenvalue weighted by Crippen LogP contribution is 2.31. The molecule has 0 unspecified atom stereocenters. The summed E-state index contributed by atoms with van der Waals surface area (Å²) in [6.07, 6.45) is 5.86. The van der Waals surface area contributed by atoms with Crippen molar-refractivity contribution in [1.29, 1.82) is 0 Å². The van der Waals surface area contributed by atoms with Crippen LogP contribution in [0, 0.1) is 11.7 Å². The van der Waals surface area contributed by atoms with Gasteiger partial charge in [0.15, 0.2) is 5.65 Å². The van der Waals surface area contributed by atoms with Gasteiger partial charge in [-0.25, -0.2) is 14.1 Å². The lowest BCUT2D eigenvalue weighted by Crippen LogP contribution is -2.40. The number of aromatic nitrogens is 3. The van der Waals surface area contributed by atoms with E-state index in [0.29, 0.717) is 19.6 Å². The molecule has 0 bridgehead atoms. The Labute approximate surface area is 192 Å². The minimum Gasteiger partial charge on any atom is -0.354 e. The van der Waals surface area contributed by atoms with Gasteiger partial charge in [-0.1, -0.05) is 12.1 Å². The Morgan fingerprint density at radius 3 is 2.73 bits per heavy atom. The number of nitrogens with one attached hydrogen (secondary N) is 1. The Balaban J connectivity index is 1.29. The van der Waals surface area contributed by atoms with Gasteiger partial charge >= 0.3 is 0 Å². The van der Waals surface area contributed by atoms with E-state index in [9.17, 15) is 14.0 Å². The lowest BCUT2D eigenvalue weighted by atomic mass is 9.93. The van der Waals surface area contributed by atoms with Gasteiger partial charge in [-0.05, 0) is 55.5 Å². The Morgan fingerprint density at radius 2 is 1.94 bits per heavy atom. The van der Waals surface area contributed by atoms with E-state index in [4.69, 9.17) is 5.10 Å². The molecular weight excluding hydrogens is 421 g/mol. The van der Waals surface area contributed by atoms with Crippen LogP contribution in [-0.2, 0) is 22.6 Å². The lowest BCUT2D eigenvalue weighted by Gasteiger charge is -2.32. The number of carbonyl (C=O) groups excluding carboxylic acids is 2. The Kier molecular flexibility index (Phi) is 6.07. The third-order valence-electron chi connectivity index (χ3n) is 6.54. The van der Waals surface area contributed by atoms with Crippen molar-refractivity contribution >= 4 is 22.8 Å². The molecule has 1 saturated heterocycles. The van der Waals surface area contributed by atoms with Crippen molar-refractivity contribution in [3.63, 3.8) is 0 Å². The summed E-state index contributed by atoms with van der Waals surface area (Å²) in [5.41, 5.74) is 2.59. The molecule has 3 aromatic rings. The van der Waals surface area contributed by atoms with Gasteiger partial charge in [-0.3, -0.25) is 9.59 Å². The van der Waals surface area contributed by atoms with Crippen molar-refractivity contribution in [3.05, 3.63) is 59.7 Å². The molecule has 0 spiro atoms. The third kappa shape index (κ3) is 4.89. The van der Waals surface area contributed by atoms with E-state index in [2.05, 4.69) is 10.3 Å². The van der Waals surface area contributed by atoms with E-state index in [-0.39, 0.29) is 35.9 Å². The number of fused-ring (bicyclic) bond motifs is 1. The van der Waals surface area contributed by atoms with Crippen LogP contribution in [0.1, 0.15) is 42.9 Å². The first-order chi connectivity index (χ1) is 16.1. The summed E-state index contributed by atoms with van der Waals surface area (Å²) in [5, 5.41) is 8.88. The highest BCUT2D eigenvalue weighted by atomic mass is 19.1. The molecule has 2 aromatic heterocycles. The zero-order valence-electron chi connectivity index (χ0n) is 18.5. The van der Waals surface area contributed by atoms with Crippen molar-refractivity contribution in [2.45, 2.75) is 44.6 Å². The number of hydrogen-bond acceptors (Lipinski definition) is 4. The molecular formula is C25H28FN5O2. The van der Waals surface area contributed by atoms with Gasteiger partial charge in [-0.2, -0.15) is 5.10 Å². The van der Waals surface area contributed by atoms with Gasteiger partial charge in [0.05, 0.1) is 18.7 Å². The Bertz CT molecular complexity index is 1160. The molecule has 1 aliphatic carbocycles. The minimum atomic E-state index is -0.299. The largest absolute Gasteiger partial charge is 0.354 e. The Morgan fingerprint density at radius 1 is 1.12 bits per heavy atom. The molecule has 3 heterocycles. The van der Waals surface area contributed by atoms with E-state index >= 15 is 0 Å². The zero-order valence-corrected chi connectivity index (χ0v) is 18.5. The number of hydrogen-bond donors (Lipinski definition) is 1. The molecule has 0 radical (unpaired) electrons. The quantitative estimate of drug-likeness (QED) is 0.601. The maximum absolute atomic E-state index is 13.2. The fourth-order valence-electron chi connectivity index (χ4n) is 4.58. The number of piperidine rings is 1. The van der Waals surface area contributed by atoms with Crippen LogP contribution < -0.4 is 5.32 Å². The monoisotopic (exact) mass is 449 g/mol. The second-order valence-electron chi connectivity index (χ2n) is 9.03. The smallest absolute Gasteiger partial charge is 0.227 e. The van der Waals surface area contributed by atoms with E-state index in [1.807, 2.05) is 21.7 Å². The summed E-state index contributed by atoms with van der Waals surface area (Å²) in [6, 6.07) is 10.0. The highest BCUT2D eigenvalue weighted by molar-refractivity contribution is 5.81. The molecule has 1 saturated carbocycles. The zero-order chi connectivity index (χ0) is 22.8. The first kappa shape index (κ1) is 21.6. The van der Waals surface area contributed by atoms with Gasteiger partial charge in [0, 0.05) is 43.1 Å². The number of benzene rings is 1. The van der Waals surface area contributed by atoms with Crippen molar-refractivity contribution in [2.24, 2.45) is 5.92 Å². The standard InChI is InChI=1S/C25H28FN5O2/c26-20-9-5-17(6-10-20)15-22(32)30-13-2-3-19(16-30)23-21-4-1-11-27-24(21)31(29-23)14-12-28-25(33)18-7-8-18/h1,4-6,9-11,18-19H,2-3,7-8,12-16H2,(H,28,33)/t19-/m1/s1. The maximum Gasteiger partial charge on any atom is 0.227 e. The van der Waals surface area contributed by atoms with E-state index in [0.717, 1.165) is 54.5 Å². The fraction of sp³-hybridized carbons (Fsp3) is 0.440. The van der Waals surface area contributed by atoms with Crippen molar-refractivity contribution in [3.8, 4) is 0 Å². The van der Waals surface area contributed by atoms with Crippen molar-refractivity contribution < 1.29 is 14.0 Å². The number of nitrogens with zero attached hydrogens (tertiary/aromatic N) is 4. The van der Waals surface area contributed by atoms with Gasteiger partial charge in [0.25, 0.3) is 0 Å². The molecule has 7 nitrogen and oxygen atoms in total. The molecule has 1 N–H and O–H groups in total.